The maximum absolute atomic E-state index is 13.3. The lowest BCUT2D eigenvalue weighted by Crippen LogP contribution is -2.34. The average molecular weight is 311 g/mol. The van der Waals surface area contributed by atoms with Crippen molar-refractivity contribution >= 4 is 11.9 Å². The molecule has 0 bridgehead atoms. The van der Waals surface area contributed by atoms with Crippen LogP contribution in [0.3, 0.4) is 0 Å². The summed E-state index contributed by atoms with van der Waals surface area (Å²) in [7, 11) is 0. The molecule has 0 fully saturated rings. The number of carbonyl (C=O) groups is 2. The molecule has 2 N–H and O–H groups in total. The third-order valence-electron chi connectivity index (χ3n) is 2.61. The molecule has 0 aliphatic carbocycles. The largest absolute Gasteiger partial charge is 0.481 e. The average Bonchev–Trinajstić information content (AvgIpc) is 2.41. The van der Waals surface area contributed by atoms with Crippen LogP contribution >= 0.6 is 0 Å². The molecule has 0 heterocycles. The fourth-order valence-electron chi connectivity index (χ4n) is 1.51. The predicted octanol–water partition coefficient (Wildman–Crippen LogP) is 2.37. The topological polar surface area (TPSA) is 66.4 Å². The van der Waals surface area contributed by atoms with E-state index in [4.69, 9.17) is 5.11 Å². The fourth-order valence-corrected chi connectivity index (χ4v) is 1.51. The van der Waals surface area contributed by atoms with Gasteiger partial charge in [-0.3, -0.25) is 9.59 Å². The van der Waals surface area contributed by atoms with E-state index in [1.165, 1.54) is 6.92 Å². The van der Waals surface area contributed by atoms with Crippen molar-refractivity contribution in [3.63, 3.8) is 0 Å². The number of halogens is 5. The van der Waals surface area contributed by atoms with E-state index in [1.807, 2.05) is 5.32 Å². The Hall–Kier alpha value is -2.19. The van der Waals surface area contributed by atoms with Crippen molar-refractivity contribution in [2.75, 3.05) is 0 Å². The number of hydrogen-bond donors (Lipinski definition) is 2. The molecule has 21 heavy (non-hydrogen) atoms. The van der Waals surface area contributed by atoms with Gasteiger partial charge in [0, 0.05) is 12.5 Å². The van der Waals surface area contributed by atoms with Gasteiger partial charge in [0.15, 0.2) is 23.3 Å². The molecule has 1 unspecified atom stereocenters. The van der Waals surface area contributed by atoms with Gasteiger partial charge in [0.2, 0.25) is 5.82 Å². The third-order valence-corrected chi connectivity index (χ3v) is 2.61. The number of aliphatic carboxylic acids is 1. The molecule has 4 nitrogen and oxygen atoms in total. The predicted molar refractivity (Wildman–Crippen MR) is 60.0 cm³/mol. The van der Waals surface area contributed by atoms with Crippen LogP contribution in [-0.2, 0) is 4.79 Å². The van der Waals surface area contributed by atoms with Crippen LogP contribution < -0.4 is 5.32 Å². The lowest BCUT2D eigenvalue weighted by molar-refractivity contribution is -0.137. The maximum Gasteiger partial charge on any atom is 0.303 e. The van der Waals surface area contributed by atoms with E-state index >= 15 is 0 Å². The number of nitrogens with one attached hydrogen (secondary N) is 1. The molecule has 1 rings (SSSR count). The monoisotopic (exact) mass is 311 g/mol. The molecule has 0 aliphatic rings. The Balaban J connectivity index is 3.01. The van der Waals surface area contributed by atoms with Crippen LogP contribution in [-0.4, -0.2) is 23.0 Å². The Morgan fingerprint density at radius 2 is 1.43 bits per heavy atom. The zero-order valence-corrected chi connectivity index (χ0v) is 10.6. The molecular weight excluding hydrogens is 301 g/mol. The van der Waals surface area contributed by atoms with Crippen LogP contribution in [0.2, 0.25) is 0 Å². The first-order valence-electron chi connectivity index (χ1n) is 5.70. The van der Waals surface area contributed by atoms with E-state index in [0.717, 1.165) is 0 Å². The van der Waals surface area contributed by atoms with E-state index in [9.17, 15) is 31.5 Å². The normalized spacial score (nSPS) is 12.1. The van der Waals surface area contributed by atoms with E-state index in [2.05, 4.69) is 0 Å². The number of carbonyl (C=O) groups excluding carboxylic acids is 1. The lowest BCUT2D eigenvalue weighted by Gasteiger charge is -2.14. The molecule has 9 heteroatoms. The summed E-state index contributed by atoms with van der Waals surface area (Å²) in [6.45, 7) is 1.33. The Bertz CT molecular complexity index is 562. The van der Waals surface area contributed by atoms with E-state index in [0.29, 0.717) is 0 Å². The Morgan fingerprint density at radius 1 is 1.00 bits per heavy atom. The van der Waals surface area contributed by atoms with Crippen LogP contribution in [0.25, 0.3) is 0 Å². The first kappa shape index (κ1) is 16.9. The van der Waals surface area contributed by atoms with Crippen molar-refractivity contribution in [1.29, 1.82) is 0 Å². The van der Waals surface area contributed by atoms with Crippen molar-refractivity contribution in [3.8, 4) is 0 Å². The summed E-state index contributed by atoms with van der Waals surface area (Å²) in [6, 6.07) is -0.830. The van der Waals surface area contributed by atoms with Gasteiger partial charge in [-0.15, -0.1) is 0 Å². The minimum atomic E-state index is -2.36. The van der Waals surface area contributed by atoms with Crippen LogP contribution in [0.1, 0.15) is 30.1 Å². The molecule has 0 radical (unpaired) electrons. The smallest absolute Gasteiger partial charge is 0.303 e. The van der Waals surface area contributed by atoms with E-state index in [-0.39, 0.29) is 12.8 Å². The van der Waals surface area contributed by atoms with Gasteiger partial charge < -0.3 is 10.4 Å². The second-order valence-corrected chi connectivity index (χ2v) is 4.25. The Labute approximate surface area is 115 Å². The summed E-state index contributed by atoms with van der Waals surface area (Å²) in [5, 5.41) is 10.4. The SMILES string of the molecule is CC(CCC(=O)O)NC(=O)c1c(F)c(F)c(F)c(F)c1F. The third kappa shape index (κ3) is 3.67. The summed E-state index contributed by atoms with van der Waals surface area (Å²) in [5.74, 6) is -14.0. The minimum absolute atomic E-state index is 0.0729. The van der Waals surface area contributed by atoms with Gasteiger partial charge in [0.25, 0.3) is 5.91 Å². The highest BCUT2D eigenvalue weighted by atomic mass is 19.2. The van der Waals surface area contributed by atoms with Crippen LogP contribution in [0.5, 0.6) is 0 Å². The van der Waals surface area contributed by atoms with Gasteiger partial charge >= 0.3 is 5.97 Å². The molecule has 116 valence electrons. The zero-order chi connectivity index (χ0) is 16.3. The summed E-state index contributed by atoms with van der Waals surface area (Å²) in [4.78, 5) is 21.9. The number of amides is 1. The fraction of sp³-hybridized carbons (Fsp3) is 0.333. The summed E-state index contributed by atoms with van der Waals surface area (Å²) < 4.78 is 65.4. The first-order chi connectivity index (χ1) is 9.66. The van der Waals surface area contributed by atoms with Gasteiger partial charge in [0.05, 0.1) is 0 Å². The number of rotatable bonds is 5. The standard InChI is InChI=1S/C12H10F5NO3/c1-4(2-3-5(19)20)18-12(21)6-7(13)9(15)11(17)10(16)8(6)14/h4H,2-3H2,1H3,(H,18,21)(H,19,20). The minimum Gasteiger partial charge on any atom is -0.481 e. The summed E-state index contributed by atoms with van der Waals surface area (Å²) >= 11 is 0. The summed E-state index contributed by atoms with van der Waals surface area (Å²) in [6.07, 6.45) is -0.408. The molecule has 0 spiro atoms. The highest BCUT2D eigenvalue weighted by Crippen LogP contribution is 2.23. The van der Waals surface area contributed by atoms with Crippen LogP contribution in [0.4, 0.5) is 22.0 Å². The lowest BCUT2D eigenvalue weighted by atomic mass is 10.1. The first-order valence-corrected chi connectivity index (χ1v) is 5.70. The number of hydrogen-bond acceptors (Lipinski definition) is 2. The van der Waals surface area contributed by atoms with Gasteiger partial charge in [0.1, 0.15) is 5.56 Å². The molecule has 0 saturated heterocycles. The molecule has 0 saturated carbocycles. The van der Waals surface area contributed by atoms with E-state index in [1.54, 1.807) is 0 Å². The molecule has 1 aromatic carbocycles. The molecule has 1 amide bonds. The highest BCUT2D eigenvalue weighted by molar-refractivity contribution is 5.95. The number of benzene rings is 1. The van der Waals surface area contributed by atoms with Crippen molar-refractivity contribution in [2.24, 2.45) is 0 Å². The van der Waals surface area contributed by atoms with Crippen molar-refractivity contribution < 1.29 is 36.6 Å². The van der Waals surface area contributed by atoms with E-state index < -0.39 is 52.6 Å². The highest BCUT2D eigenvalue weighted by Gasteiger charge is 2.30. The summed E-state index contributed by atoms with van der Waals surface area (Å²) in [5.41, 5.74) is -1.60. The molecule has 0 aromatic heterocycles. The van der Waals surface area contributed by atoms with Gasteiger partial charge in [-0.1, -0.05) is 0 Å². The maximum atomic E-state index is 13.3. The van der Waals surface area contributed by atoms with Crippen molar-refractivity contribution in [3.05, 3.63) is 34.6 Å². The molecule has 0 aliphatic heterocycles. The van der Waals surface area contributed by atoms with Gasteiger partial charge in [-0.2, -0.15) is 0 Å². The van der Waals surface area contributed by atoms with Crippen molar-refractivity contribution in [1.82, 2.24) is 5.32 Å². The quantitative estimate of drug-likeness (QED) is 0.498. The Morgan fingerprint density at radius 3 is 1.86 bits per heavy atom. The van der Waals surface area contributed by atoms with Crippen LogP contribution in [0, 0.1) is 29.1 Å². The van der Waals surface area contributed by atoms with Crippen LogP contribution in [0.15, 0.2) is 0 Å². The van der Waals surface area contributed by atoms with Gasteiger partial charge in [-0.25, -0.2) is 22.0 Å². The molecule has 1 atom stereocenters. The number of carboxylic acid groups (broad SMARTS) is 1. The molecule has 1 aromatic rings. The zero-order valence-electron chi connectivity index (χ0n) is 10.6. The number of carboxylic acids is 1. The molecular formula is C12H10F5NO3. The van der Waals surface area contributed by atoms with Gasteiger partial charge in [-0.05, 0) is 13.3 Å². The van der Waals surface area contributed by atoms with Crippen molar-refractivity contribution in [2.45, 2.75) is 25.8 Å². The Kier molecular flexibility index (Phi) is 5.23. The second kappa shape index (κ2) is 6.51. The second-order valence-electron chi connectivity index (χ2n) is 4.25.